The van der Waals surface area contributed by atoms with Gasteiger partial charge in [-0.3, -0.25) is 9.36 Å². The number of carbonyl (C=O) groups excluding carboxylic acids is 1. The van der Waals surface area contributed by atoms with Crippen molar-refractivity contribution in [2.45, 2.75) is 13.0 Å². The first-order chi connectivity index (χ1) is 9.61. The number of methoxy groups -OCH3 is 1. The van der Waals surface area contributed by atoms with Gasteiger partial charge in [0.25, 0.3) is 0 Å². The second-order valence-electron chi connectivity index (χ2n) is 4.38. The molecule has 0 aliphatic heterocycles. The standard InChI is InChI=1S/C13H17N3O4/c1-19-6-2-5-15-12(17)8-16-10-4-3-9(14)7-11(10)20-13(16)18/h3-4,7H,2,5-6,8,14H2,1H3,(H,15,17). The third-order valence-corrected chi connectivity index (χ3v) is 2.84. The van der Waals surface area contributed by atoms with Crippen molar-refractivity contribution in [3.05, 3.63) is 28.7 Å². The smallest absolute Gasteiger partial charge is 0.408 e. The molecular formula is C13H17N3O4. The third-order valence-electron chi connectivity index (χ3n) is 2.84. The van der Waals surface area contributed by atoms with Crippen molar-refractivity contribution in [3.63, 3.8) is 0 Å². The normalized spacial score (nSPS) is 10.8. The van der Waals surface area contributed by atoms with Gasteiger partial charge in [-0.2, -0.15) is 0 Å². The predicted octanol–water partition coefficient (Wildman–Crippen LogP) is 0.329. The molecule has 0 fully saturated rings. The molecule has 2 rings (SSSR count). The summed E-state index contributed by atoms with van der Waals surface area (Å²) in [4.78, 5) is 23.5. The van der Waals surface area contributed by atoms with E-state index in [1.54, 1.807) is 25.3 Å². The number of amides is 1. The molecular weight excluding hydrogens is 262 g/mol. The first kappa shape index (κ1) is 14.1. The van der Waals surface area contributed by atoms with Crippen LogP contribution >= 0.6 is 0 Å². The Hall–Kier alpha value is -2.28. The third kappa shape index (κ3) is 3.18. The molecule has 1 aromatic heterocycles. The number of anilines is 1. The van der Waals surface area contributed by atoms with Crippen molar-refractivity contribution in [1.29, 1.82) is 0 Å². The molecule has 0 atom stereocenters. The van der Waals surface area contributed by atoms with Crippen molar-refractivity contribution in [3.8, 4) is 0 Å². The predicted molar refractivity (Wildman–Crippen MR) is 74.4 cm³/mol. The summed E-state index contributed by atoms with van der Waals surface area (Å²) in [5.74, 6) is -0.819. The van der Waals surface area contributed by atoms with Gasteiger partial charge in [-0.1, -0.05) is 0 Å². The van der Waals surface area contributed by atoms with E-state index in [9.17, 15) is 9.59 Å². The molecule has 0 spiro atoms. The molecule has 0 saturated carbocycles. The number of fused-ring (bicyclic) bond motifs is 1. The van der Waals surface area contributed by atoms with Crippen LogP contribution in [0, 0.1) is 0 Å². The number of oxazole rings is 1. The fourth-order valence-corrected chi connectivity index (χ4v) is 1.88. The SMILES string of the molecule is COCCCNC(=O)Cn1c(=O)oc2cc(N)ccc21. The number of hydrogen-bond donors (Lipinski definition) is 2. The molecule has 1 aromatic carbocycles. The van der Waals surface area contributed by atoms with E-state index in [-0.39, 0.29) is 12.5 Å². The van der Waals surface area contributed by atoms with Crippen molar-refractivity contribution in [2.24, 2.45) is 0 Å². The highest BCUT2D eigenvalue weighted by atomic mass is 16.5. The van der Waals surface area contributed by atoms with E-state index in [0.29, 0.717) is 29.9 Å². The van der Waals surface area contributed by atoms with Gasteiger partial charge in [0, 0.05) is 32.0 Å². The molecule has 1 amide bonds. The monoisotopic (exact) mass is 279 g/mol. The Bertz CT molecular complexity index is 659. The molecule has 0 bridgehead atoms. The zero-order valence-electron chi connectivity index (χ0n) is 11.2. The summed E-state index contributed by atoms with van der Waals surface area (Å²) in [7, 11) is 1.60. The van der Waals surface area contributed by atoms with Gasteiger partial charge in [0.15, 0.2) is 5.58 Å². The van der Waals surface area contributed by atoms with Crippen LogP contribution in [0.2, 0.25) is 0 Å². The number of ether oxygens (including phenoxy) is 1. The molecule has 2 aromatic rings. The fraction of sp³-hybridized carbons (Fsp3) is 0.385. The largest absolute Gasteiger partial charge is 0.420 e. The maximum atomic E-state index is 11.8. The van der Waals surface area contributed by atoms with Gasteiger partial charge < -0.3 is 20.2 Å². The number of carbonyl (C=O) groups is 1. The Kier molecular flexibility index (Phi) is 4.41. The van der Waals surface area contributed by atoms with Crippen LogP contribution in [0.5, 0.6) is 0 Å². The number of nitrogen functional groups attached to an aromatic ring is 1. The summed E-state index contributed by atoms with van der Waals surface area (Å²) >= 11 is 0. The van der Waals surface area contributed by atoms with E-state index < -0.39 is 5.76 Å². The summed E-state index contributed by atoms with van der Waals surface area (Å²) in [6.45, 7) is 1.00. The lowest BCUT2D eigenvalue weighted by atomic mass is 10.3. The number of benzene rings is 1. The van der Waals surface area contributed by atoms with Crippen LogP contribution in [0.4, 0.5) is 5.69 Å². The number of aromatic nitrogens is 1. The second kappa shape index (κ2) is 6.25. The van der Waals surface area contributed by atoms with Gasteiger partial charge in [0.05, 0.1) is 5.52 Å². The van der Waals surface area contributed by atoms with Crippen molar-refractivity contribution >= 4 is 22.7 Å². The lowest BCUT2D eigenvalue weighted by molar-refractivity contribution is -0.121. The Morgan fingerprint density at radius 3 is 3.05 bits per heavy atom. The van der Waals surface area contributed by atoms with E-state index in [1.165, 1.54) is 4.57 Å². The number of nitrogens with two attached hydrogens (primary N) is 1. The van der Waals surface area contributed by atoms with Gasteiger partial charge in [-0.25, -0.2) is 4.79 Å². The minimum Gasteiger partial charge on any atom is -0.408 e. The highest BCUT2D eigenvalue weighted by Gasteiger charge is 2.12. The fourth-order valence-electron chi connectivity index (χ4n) is 1.88. The van der Waals surface area contributed by atoms with E-state index in [0.717, 1.165) is 6.42 Å². The maximum absolute atomic E-state index is 11.8. The average Bonchev–Trinajstić information content (AvgIpc) is 2.70. The van der Waals surface area contributed by atoms with Gasteiger partial charge in [-0.05, 0) is 18.6 Å². The van der Waals surface area contributed by atoms with E-state index in [2.05, 4.69) is 5.32 Å². The highest BCUT2D eigenvalue weighted by molar-refractivity contribution is 5.81. The summed E-state index contributed by atoms with van der Waals surface area (Å²) in [5, 5.41) is 2.71. The summed E-state index contributed by atoms with van der Waals surface area (Å²) < 4.78 is 11.2. The van der Waals surface area contributed by atoms with Gasteiger partial charge in [0.2, 0.25) is 5.91 Å². The first-order valence-electron chi connectivity index (χ1n) is 6.26. The minimum atomic E-state index is -0.572. The minimum absolute atomic E-state index is 0.0806. The molecule has 0 unspecified atom stereocenters. The van der Waals surface area contributed by atoms with Crippen LogP contribution in [-0.2, 0) is 16.1 Å². The quantitative estimate of drug-likeness (QED) is 0.586. The lowest BCUT2D eigenvalue weighted by Crippen LogP contribution is -2.31. The van der Waals surface area contributed by atoms with Gasteiger partial charge >= 0.3 is 5.76 Å². The molecule has 3 N–H and O–H groups in total. The average molecular weight is 279 g/mol. The second-order valence-corrected chi connectivity index (χ2v) is 4.38. The van der Waals surface area contributed by atoms with Crippen molar-refractivity contribution in [1.82, 2.24) is 9.88 Å². The van der Waals surface area contributed by atoms with Crippen LogP contribution in [0.3, 0.4) is 0 Å². The van der Waals surface area contributed by atoms with E-state index in [4.69, 9.17) is 14.9 Å². The summed E-state index contributed by atoms with van der Waals surface area (Å²) in [5.41, 5.74) is 7.05. The van der Waals surface area contributed by atoms with Crippen LogP contribution < -0.4 is 16.8 Å². The molecule has 0 radical (unpaired) electrons. The molecule has 7 nitrogen and oxygen atoms in total. The molecule has 0 aliphatic carbocycles. The Labute approximate surface area is 115 Å². The Morgan fingerprint density at radius 2 is 2.30 bits per heavy atom. The maximum Gasteiger partial charge on any atom is 0.420 e. The Morgan fingerprint density at radius 1 is 1.50 bits per heavy atom. The zero-order chi connectivity index (χ0) is 14.5. The molecule has 7 heteroatoms. The molecule has 108 valence electrons. The van der Waals surface area contributed by atoms with Crippen LogP contribution in [0.15, 0.2) is 27.4 Å². The van der Waals surface area contributed by atoms with E-state index in [1.807, 2.05) is 0 Å². The molecule has 0 saturated heterocycles. The lowest BCUT2D eigenvalue weighted by Gasteiger charge is -2.05. The highest BCUT2D eigenvalue weighted by Crippen LogP contribution is 2.15. The van der Waals surface area contributed by atoms with Crippen LogP contribution in [0.25, 0.3) is 11.1 Å². The Balaban J connectivity index is 2.07. The molecule has 0 aliphatic rings. The number of nitrogens with one attached hydrogen (secondary N) is 1. The summed E-state index contributed by atoms with van der Waals surface area (Å²) in [6, 6.07) is 4.88. The number of rotatable bonds is 6. The van der Waals surface area contributed by atoms with Gasteiger partial charge in [0.1, 0.15) is 6.54 Å². The van der Waals surface area contributed by atoms with Crippen LogP contribution in [-0.4, -0.2) is 30.7 Å². The summed E-state index contributed by atoms with van der Waals surface area (Å²) in [6.07, 6.45) is 0.722. The topological polar surface area (TPSA) is 99.5 Å². The van der Waals surface area contributed by atoms with Crippen molar-refractivity contribution < 1.29 is 13.9 Å². The number of hydrogen-bond acceptors (Lipinski definition) is 5. The number of nitrogens with zero attached hydrogens (tertiary/aromatic N) is 1. The first-order valence-corrected chi connectivity index (χ1v) is 6.26. The van der Waals surface area contributed by atoms with Gasteiger partial charge in [-0.15, -0.1) is 0 Å². The molecule has 20 heavy (non-hydrogen) atoms. The van der Waals surface area contributed by atoms with Crippen molar-refractivity contribution in [2.75, 3.05) is 26.0 Å². The van der Waals surface area contributed by atoms with Crippen LogP contribution in [0.1, 0.15) is 6.42 Å². The zero-order valence-corrected chi connectivity index (χ0v) is 11.2. The van der Waals surface area contributed by atoms with E-state index >= 15 is 0 Å². The molecule has 1 heterocycles.